The number of aryl methyl sites for hydroxylation is 2. The van der Waals surface area contributed by atoms with Crippen LogP contribution in [0.15, 0.2) is 18.2 Å². The van der Waals surface area contributed by atoms with Crippen molar-refractivity contribution in [3.05, 3.63) is 34.9 Å². The highest BCUT2D eigenvalue weighted by molar-refractivity contribution is 5.93. The van der Waals surface area contributed by atoms with Crippen LogP contribution < -0.4 is 11.1 Å². The third-order valence-electron chi connectivity index (χ3n) is 4.17. The zero-order valence-electron chi connectivity index (χ0n) is 12.7. The van der Waals surface area contributed by atoms with Crippen LogP contribution in [0.5, 0.6) is 0 Å². The van der Waals surface area contributed by atoms with Crippen molar-refractivity contribution in [1.29, 1.82) is 0 Å². The molecule has 2 rings (SSSR count). The van der Waals surface area contributed by atoms with E-state index in [1.807, 2.05) is 0 Å². The molecule has 0 spiro atoms. The van der Waals surface area contributed by atoms with E-state index in [4.69, 9.17) is 5.73 Å². The summed E-state index contributed by atoms with van der Waals surface area (Å²) in [5.74, 6) is -0.312. The van der Waals surface area contributed by atoms with E-state index in [9.17, 15) is 9.59 Å². The first-order valence-electron chi connectivity index (χ1n) is 7.38. The van der Waals surface area contributed by atoms with Crippen LogP contribution in [0.3, 0.4) is 0 Å². The van der Waals surface area contributed by atoms with Gasteiger partial charge < -0.3 is 5.73 Å². The maximum absolute atomic E-state index is 11.5. The minimum atomic E-state index is -0.785. The average molecular weight is 289 g/mol. The van der Waals surface area contributed by atoms with E-state index in [2.05, 4.69) is 42.3 Å². The summed E-state index contributed by atoms with van der Waals surface area (Å²) < 4.78 is 0. The van der Waals surface area contributed by atoms with Gasteiger partial charge in [0, 0.05) is 19.0 Å². The van der Waals surface area contributed by atoms with Crippen LogP contribution in [0.2, 0.25) is 0 Å². The molecular weight excluding hydrogens is 266 g/mol. The van der Waals surface area contributed by atoms with Crippen LogP contribution in [0, 0.1) is 13.8 Å². The van der Waals surface area contributed by atoms with Crippen molar-refractivity contribution in [2.75, 3.05) is 13.1 Å². The van der Waals surface area contributed by atoms with Crippen LogP contribution in [0.1, 0.15) is 42.0 Å². The number of rotatable bonds is 4. The maximum Gasteiger partial charge on any atom is 0.318 e. The number of benzene rings is 1. The molecule has 1 atom stereocenters. The van der Waals surface area contributed by atoms with Gasteiger partial charge in [0.05, 0.1) is 0 Å². The molecule has 5 nitrogen and oxygen atoms in total. The third-order valence-corrected chi connectivity index (χ3v) is 4.17. The number of carbonyl (C=O) groups is 2. The minimum absolute atomic E-state index is 0.296. The van der Waals surface area contributed by atoms with E-state index in [-0.39, 0.29) is 5.91 Å². The minimum Gasteiger partial charge on any atom is -0.351 e. The van der Waals surface area contributed by atoms with Gasteiger partial charge in [-0.1, -0.05) is 18.2 Å². The normalized spacial score (nSPS) is 18.7. The Kier molecular flexibility index (Phi) is 4.96. The number of hydrogen-bond acceptors (Lipinski definition) is 3. The fraction of sp³-hybridized carbons (Fsp3) is 0.500. The molecule has 1 unspecified atom stereocenters. The molecule has 1 saturated heterocycles. The van der Waals surface area contributed by atoms with Gasteiger partial charge in [0.15, 0.2) is 0 Å². The second-order valence-corrected chi connectivity index (χ2v) is 5.70. The molecular formula is C16H23N3O2. The Balaban J connectivity index is 1.98. The number of nitrogens with zero attached hydrogens (tertiary/aromatic N) is 1. The summed E-state index contributed by atoms with van der Waals surface area (Å²) >= 11 is 0. The quantitative estimate of drug-likeness (QED) is 0.890. The lowest BCUT2D eigenvalue weighted by molar-refractivity contribution is -0.120. The SMILES string of the molecule is Cc1ccc(C2CCCN2CCC(=O)NC(N)=O)cc1C. The predicted molar refractivity (Wildman–Crippen MR) is 81.8 cm³/mol. The molecule has 21 heavy (non-hydrogen) atoms. The summed E-state index contributed by atoms with van der Waals surface area (Å²) in [5, 5.41) is 2.11. The molecule has 0 aliphatic carbocycles. The summed E-state index contributed by atoms with van der Waals surface area (Å²) in [6.07, 6.45) is 2.54. The monoisotopic (exact) mass is 289 g/mol. The number of imide groups is 1. The Morgan fingerprint density at radius 3 is 2.76 bits per heavy atom. The summed E-state index contributed by atoms with van der Waals surface area (Å²) in [7, 11) is 0. The van der Waals surface area contributed by atoms with Gasteiger partial charge in [0.2, 0.25) is 5.91 Å². The number of hydrogen-bond donors (Lipinski definition) is 2. The van der Waals surface area contributed by atoms with E-state index in [1.54, 1.807) is 0 Å². The van der Waals surface area contributed by atoms with Gasteiger partial charge in [0.25, 0.3) is 0 Å². The zero-order valence-corrected chi connectivity index (χ0v) is 12.7. The van der Waals surface area contributed by atoms with E-state index in [1.165, 1.54) is 16.7 Å². The van der Waals surface area contributed by atoms with E-state index < -0.39 is 6.03 Å². The van der Waals surface area contributed by atoms with Crippen molar-refractivity contribution in [2.24, 2.45) is 5.73 Å². The van der Waals surface area contributed by atoms with Crippen LogP contribution in [-0.4, -0.2) is 29.9 Å². The fourth-order valence-corrected chi connectivity index (χ4v) is 2.89. The Labute approximate surface area is 125 Å². The van der Waals surface area contributed by atoms with Crippen molar-refractivity contribution < 1.29 is 9.59 Å². The highest BCUT2D eigenvalue weighted by atomic mass is 16.2. The van der Waals surface area contributed by atoms with E-state index >= 15 is 0 Å². The molecule has 0 saturated carbocycles. The summed E-state index contributed by atoms with van der Waals surface area (Å²) in [6, 6.07) is 6.15. The Bertz CT molecular complexity index is 542. The van der Waals surface area contributed by atoms with Crippen LogP contribution in [0.25, 0.3) is 0 Å². The molecule has 0 bridgehead atoms. The van der Waals surface area contributed by atoms with Crippen molar-refractivity contribution in [2.45, 2.75) is 39.2 Å². The standard InChI is InChI=1S/C16H23N3O2/c1-11-5-6-13(10-12(11)2)14-4-3-8-19(14)9-7-15(20)18-16(17)21/h5-6,10,14H,3-4,7-9H2,1-2H3,(H3,17,18,20,21). The molecule has 1 heterocycles. The molecule has 114 valence electrons. The van der Waals surface area contributed by atoms with Gasteiger partial charge in [0.1, 0.15) is 0 Å². The molecule has 1 aliphatic heterocycles. The fourth-order valence-electron chi connectivity index (χ4n) is 2.89. The van der Waals surface area contributed by atoms with Gasteiger partial charge >= 0.3 is 6.03 Å². The van der Waals surface area contributed by atoms with Gasteiger partial charge in [-0.25, -0.2) is 4.79 Å². The molecule has 0 radical (unpaired) electrons. The number of likely N-dealkylation sites (tertiary alicyclic amines) is 1. The summed E-state index contributed by atoms with van der Waals surface area (Å²) in [4.78, 5) is 24.5. The Morgan fingerprint density at radius 2 is 2.10 bits per heavy atom. The second-order valence-electron chi connectivity index (χ2n) is 5.70. The first-order valence-corrected chi connectivity index (χ1v) is 7.38. The van der Waals surface area contributed by atoms with Gasteiger partial charge in [-0.05, 0) is 49.9 Å². The number of primary amides is 1. The van der Waals surface area contributed by atoms with Gasteiger partial charge in [-0.15, -0.1) is 0 Å². The predicted octanol–water partition coefficient (Wildman–Crippen LogP) is 2.03. The molecule has 0 aromatic heterocycles. The number of amides is 3. The summed E-state index contributed by atoms with van der Waals surface area (Å²) in [5.41, 5.74) is 8.85. The highest BCUT2D eigenvalue weighted by Gasteiger charge is 2.26. The van der Waals surface area contributed by atoms with Crippen LogP contribution in [-0.2, 0) is 4.79 Å². The summed E-state index contributed by atoms with van der Waals surface area (Å²) in [6.45, 7) is 5.87. The topological polar surface area (TPSA) is 75.4 Å². The van der Waals surface area contributed by atoms with Crippen molar-refractivity contribution in [3.8, 4) is 0 Å². The molecule has 3 N–H and O–H groups in total. The van der Waals surface area contributed by atoms with Gasteiger partial charge in [-0.2, -0.15) is 0 Å². The highest BCUT2D eigenvalue weighted by Crippen LogP contribution is 2.32. The smallest absolute Gasteiger partial charge is 0.318 e. The average Bonchev–Trinajstić information content (AvgIpc) is 2.87. The number of nitrogens with two attached hydrogens (primary N) is 1. The Morgan fingerprint density at radius 1 is 1.33 bits per heavy atom. The molecule has 5 heteroatoms. The maximum atomic E-state index is 11.5. The number of urea groups is 1. The van der Waals surface area contributed by atoms with Crippen molar-refractivity contribution in [3.63, 3.8) is 0 Å². The first kappa shape index (κ1) is 15.5. The number of nitrogens with one attached hydrogen (secondary N) is 1. The first-order chi connectivity index (χ1) is 9.97. The van der Waals surface area contributed by atoms with Crippen molar-refractivity contribution in [1.82, 2.24) is 10.2 Å². The number of carbonyl (C=O) groups excluding carboxylic acids is 2. The lowest BCUT2D eigenvalue weighted by atomic mass is 9.99. The van der Waals surface area contributed by atoms with E-state index in [0.717, 1.165) is 19.4 Å². The zero-order chi connectivity index (χ0) is 15.4. The second kappa shape index (κ2) is 6.72. The largest absolute Gasteiger partial charge is 0.351 e. The van der Waals surface area contributed by atoms with Crippen LogP contribution >= 0.6 is 0 Å². The third kappa shape index (κ3) is 4.04. The molecule has 3 amide bonds. The van der Waals surface area contributed by atoms with Gasteiger partial charge in [-0.3, -0.25) is 15.0 Å². The van der Waals surface area contributed by atoms with Crippen LogP contribution in [0.4, 0.5) is 4.79 Å². The molecule has 1 fully saturated rings. The van der Waals surface area contributed by atoms with Crippen molar-refractivity contribution >= 4 is 11.9 Å². The molecule has 1 aromatic carbocycles. The van der Waals surface area contributed by atoms with E-state index in [0.29, 0.717) is 19.0 Å². The molecule has 1 aliphatic rings. The lowest BCUT2D eigenvalue weighted by Gasteiger charge is -2.25. The Hall–Kier alpha value is -1.88. The lowest BCUT2D eigenvalue weighted by Crippen LogP contribution is -2.37. The molecule has 1 aromatic rings.